The normalized spacial score (nSPS) is 18.2. The largest absolute Gasteiger partial charge is 0.440 e. The van der Waals surface area contributed by atoms with Crippen molar-refractivity contribution < 1.29 is 17.6 Å². The minimum Gasteiger partial charge on any atom is -0.440 e. The molecule has 0 radical (unpaired) electrons. The van der Waals surface area contributed by atoms with E-state index in [1.165, 1.54) is 12.1 Å². The molecule has 1 fully saturated rings. The number of furan rings is 1. The van der Waals surface area contributed by atoms with Gasteiger partial charge in [0.15, 0.2) is 12.0 Å². The van der Waals surface area contributed by atoms with Crippen molar-refractivity contribution in [3.63, 3.8) is 0 Å². The van der Waals surface area contributed by atoms with E-state index in [2.05, 4.69) is 18.6 Å². The molecular weight excluding hydrogens is 290 g/mol. The second kappa shape index (κ2) is 6.32. The van der Waals surface area contributed by atoms with Crippen molar-refractivity contribution in [2.45, 2.75) is 51.0 Å². The number of aldehydes is 1. The van der Waals surface area contributed by atoms with Crippen LogP contribution >= 0.6 is 0 Å². The zero-order valence-corrected chi connectivity index (χ0v) is 13.4. The Morgan fingerprint density at radius 2 is 2.00 bits per heavy atom. The number of nitrogens with one attached hydrogen (secondary N) is 1. The van der Waals surface area contributed by atoms with Gasteiger partial charge in [-0.05, 0) is 42.7 Å². The quantitative estimate of drug-likeness (QED) is 0.785. The highest BCUT2D eigenvalue weighted by Gasteiger charge is 2.35. The first-order valence-electron chi connectivity index (χ1n) is 7.42. The van der Waals surface area contributed by atoms with Gasteiger partial charge in [0.1, 0.15) is 0 Å². The SMILES string of the molecule is CC(C)CC1(CNS(=O)(=O)c2ccc(C=O)o2)CCCC1. The Morgan fingerprint density at radius 1 is 1.33 bits per heavy atom. The van der Waals surface area contributed by atoms with Crippen molar-refractivity contribution in [1.82, 2.24) is 4.72 Å². The minimum absolute atomic E-state index is 0.0214. The molecule has 2 rings (SSSR count). The van der Waals surface area contributed by atoms with Gasteiger partial charge >= 0.3 is 0 Å². The average Bonchev–Trinajstić information content (AvgIpc) is 3.05. The van der Waals surface area contributed by atoms with Gasteiger partial charge in [-0.15, -0.1) is 0 Å². The van der Waals surface area contributed by atoms with Crippen molar-refractivity contribution in [1.29, 1.82) is 0 Å². The topological polar surface area (TPSA) is 76.4 Å². The number of carbonyl (C=O) groups is 1. The van der Waals surface area contributed by atoms with E-state index in [0.717, 1.165) is 32.1 Å². The van der Waals surface area contributed by atoms with Crippen LogP contribution in [0.4, 0.5) is 0 Å². The Kier molecular flexibility index (Phi) is 4.88. The highest BCUT2D eigenvalue weighted by Crippen LogP contribution is 2.42. The van der Waals surface area contributed by atoms with Gasteiger partial charge in [-0.2, -0.15) is 0 Å². The molecule has 0 spiro atoms. The highest BCUT2D eigenvalue weighted by atomic mass is 32.2. The van der Waals surface area contributed by atoms with Crippen molar-refractivity contribution in [2.24, 2.45) is 11.3 Å². The van der Waals surface area contributed by atoms with Crippen molar-refractivity contribution in [3.8, 4) is 0 Å². The van der Waals surface area contributed by atoms with Crippen LogP contribution in [-0.4, -0.2) is 21.2 Å². The van der Waals surface area contributed by atoms with Crippen LogP contribution in [0.25, 0.3) is 0 Å². The lowest BCUT2D eigenvalue weighted by molar-refractivity contribution is 0.109. The van der Waals surface area contributed by atoms with E-state index in [1.807, 2.05) is 0 Å². The lowest BCUT2D eigenvalue weighted by Crippen LogP contribution is -2.36. The third-order valence-corrected chi connectivity index (χ3v) is 5.40. The molecule has 1 aromatic rings. The molecule has 0 bridgehead atoms. The molecular formula is C15H23NO4S. The van der Waals surface area contributed by atoms with E-state index in [-0.39, 0.29) is 16.3 Å². The first-order chi connectivity index (χ1) is 9.87. The maximum absolute atomic E-state index is 12.2. The van der Waals surface area contributed by atoms with E-state index in [9.17, 15) is 13.2 Å². The molecule has 1 aliphatic rings. The molecule has 1 N–H and O–H groups in total. The van der Waals surface area contributed by atoms with E-state index >= 15 is 0 Å². The summed E-state index contributed by atoms with van der Waals surface area (Å²) in [5.41, 5.74) is 0.0569. The number of carbonyl (C=O) groups excluding carboxylic acids is 1. The third kappa shape index (κ3) is 3.95. The second-order valence-electron chi connectivity index (χ2n) is 6.40. The van der Waals surface area contributed by atoms with Gasteiger partial charge in [-0.25, -0.2) is 13.1 Å². The van der Waals surface area contributed by atoms with Gasteiger partial charge in [0, 0.05) is 6.54 Å². The first-order valence-corrected chi connectivity index (χ1v) is 8.90. The standard InChI is InChI=1S/C15H23NO4S/c1-12(2)9-15(7-3-4-8-15)11-16-21(18,19)14-6-5-13(10-17)20-14/h5-6,10,12,16H,3-4,7-9,11H2,1-2H3. The van der Waals surface area contributed by atoms with Crippen LogP contribution in [0.1, 0.15) is 56.5 Å². The Bertz CT molecular complexity index is 583. The summed E-state index contributed by atoms with van der Waals surface area (Å²) in [6, 6.07) is 2.68. The number of hydrogen-bond acceptors (Lipinski definition) is 4. The fourth-order valence-electron chi connectivity index (χ4n) is 3.31. The highest BCUT2D eigenvalue weighted by molar-refractivity contribution is 7.89. The van der Waals surface area contributed by atoms with Crippen LogP contribution in [0.3, 0.4) is 0 Å². The Balaban J connectivity index is 2.07. The smallest absolute Gasteiger partial charge is 0.273 e. The number of sulfonamides is 1. The maximum atomic E-state index is 12.2. The van der Waals surface area contributed by atoms with E-state index in [0.29, 0.717) is 18.7 Å². The summed E-state index contributed by atoms with van der Waals surface area (Å²) in [6.45, 7) is 4.76. The van der Waals surface area contributed by atoms with Crippen molar-refractivity contribution in [2.75, 3.05) is 6.54 Å². The average molecular weight is 313 g/mol. The zero-order chi connectivity index (χ0) is 15.5. The van der Waals surface area contributed by atoms with Crippen molar-refractivity contribution in [3.05, 3.63) is 17.9 Å². The summed E-state index contributed by atoms with van der Waals surface area (Å²) in [4.78, 5) is 10.6. The van der Waals surface area contributed by atoms with Crippen LogP contribution in [0.5, 0.6) is 0 Å². The van der Waals surface area contributed by atoms with E-state index in [1.54, 1.807) is 0 Å². The molecule has 0 aromatic carbocycles. The van der Waals surface area contributed by atoms with Crippen LogP contribution in [0, 0.1) is 11.3 Å². The molecule has 0 amide bonds. The van der Waals surface area contributed by atoms with Gasteiger partial charge in [-0.1, -0.05) is 26.7 Å². The van der Waals surface area contributed by atoms with Crippen LogP contribution in [0.15, 0.2) is 21.6 Å². The molecule has 118 valence electrons. The lowest BCUT2D eigenvalue weighted by atomic mass is 9.79. The summed E-state index contributed by atoms with van der Waals surface area (Å²) in [7, 11) is -3.69. The summed E-state index contributed by atoms with van der Waals surface area (Å²) in [6.07, 6.45) is 5.95. The second-order valence-corrected chi connectivity index (χ2v) is 8.10. The number of hydrogen-bond donors (Lipinski definition) is 1. The fourth-order valence-corrected chi connectivity index (χ4v) is 4.40. The molecule has 1 aromatic heterocycles. The Labute approximate surface area is 126 Å². The van der Waals surface area contributed by atoms with Crippen molar-refractivity contribution >= 4 is 16.3 Å². The van der Waals surface area contributed by atoms with Gasteiger partial charge in [0.05, 0.1) is 0 Å². The minimum atomic E-state index is -3.69. The zero-order valence-electron chi connectivity index (χ0n) is 12.6. The molecule has 1 saturated carbocycles. The van der Waals surface area contributed by atoms with Gasteiger partial charge in [-0.3, -0.25) is 4.79 Å². The summed E-state index contributed by atoms with van der Waals surface area (Å²) < 4.78 is 32.1. The molecule has 0 unspecified atom stereocenters. The molecule has 0 aliphatic heterocycles. The van der Waals surface area contributed by atoms with Gasteiger partial charge in [0.2, 0.25) is 5.09 Å². The Morgan fingerprint density at radius 3 is 2.52 bits per heavy atom. The number of rotatable bonds is 7. The molecule has 21 heavy (non-hydrogen) atoms. The monoisotopic (exact) mass is 313 g/mol. The Hall–Kier alpha value is -1.14. The van der Waals surface area contributed by atoms with E-state index < -0.39 is 10.0 Å². The molecule has 0 saturated heterocycles. The molecule has 5 nitrogen and oxygen atoms in total. The summed E-state index contributed by atoms with van der Waals surface area (Å²) >= 11 is 0. The van der Waals surface area contributed by atoms with Gasteiger partial charge < -0.3 is 4.42 Å². The summed E-state index contributed by atoms with van der Waals surface area (Å²) in [5, 5.41) is -0.192. The fraction of sp³-hybridized carbons (Fsp3) is 0.667. The predicted molar refractivity (Wildman–Crippen MR) is 79.6 cm³/mol. The summed E-state index contributed by atoms with van der Waals surface area (Å²) in [5.74, 6) is 0.561. The first kappa shape index (κ1) is 16.2. The molecule has 1 aliphatic carbocycles. The lowest BCUT2D eigenvalue weighted by Gasteiger charge is -2.30. The maximum Gasteiger partial charge on any atom is 0.273 e. The van der Waals surface area contributed by atoms with Gasteiger partial charge in [0.25, 0.3) is 10.0 Å². The van der Waals surface area contributed by atoms with Crippen LogP contribution < -0.4 is 4.72 Å². The van der Waals surface area contributed by atoms with Crippen LogP contribution in [0.2, 0.25) is 0 Å². The molecule has 0 atom stereocenters. The molecule has 1 heterocycles. The third-order valence-electron chi connectivity index (χ3n) is 4.13. The van der Waals surface area contributed by atoms with E-state index in [4.69, 9.17) is 4.42 Å². The predicted octanol–water partition coefficient (Wildman–Crippen LogP) is 2.98. The van der Waals surface area contributed by atoms with Crippen LogP contribution in [-0.2, 0) is 10.0 Å². The molecule has 6 heteroatoms.